The Morgan fingerprint density at radius 1 is 1.38 bits per heavy atom. The van der Waals surface area contributed by atoms with Crippen LogP contribution in [-0.2, 0) is 0 Å². The highest BCUT2D eigenvalue weighted by atomic mass is 79.9. The van der Waals surface area contributed by atoms with Gasteiger partial charge in [-0.25, -0.2) is 4.98 Å². The molecule has 1 aromatic rings. The zero-order valence-electron chi connectivity index (χ0n) is 8.39. The van der Waals surface area contributed by atoms with Crippen molar-refractivity contribution in [3.63, 3.8) is 0 Å². The van der Waals surface area contributed by atoms with E-state index < -0.39 is 0 Å². The Kier molecular flexibility index (Phi) is 3.31. The van der Waals surface area contributed by atoms with Gasteiger partial charge in [-0.15, -0.1) is 0 Å². The number of pyridine rings is 1. The van der Waals surface area contributed by atoms with E-state index in [-0.39, 0.29) is 6.10 Å². The number of aryl methyl sites for hydroxylation is 2. The van der Waals surface area contributed by atoms with Gasteiger partial charge in [-0.05, 0) is 49.2 Å². The van der Waals surface area contributed by atoms with E-state index in [1.165, 1.54) is 0 Å². The largest absolute Gasteiger partial charge is 0.475 e. The summed E-state index contributed by atoms with van der Waals surface area (Å²) in [6.45, 7) is 7.99. The van der Waals surface area contributed by atoms with Crippen molar-refractivity contribution < 1.29 is 4.74 Å². The van der Waals surface area contributed by atoms with Crippen molar-refractivity contribution in [1.29, 1.82) is 0 Å². The number of hydrogen-bond donors (Lipinski definition) is 0. The minimum absolute atomic E-state index is 0.174. The smallest absolute Gasteiger partial charge is 0.214 e. The van der Waals surface area contributed by atoms with Crippen molar-refractivity contribution >= 4 is 15.9 Å². The highest BCUT2D eigenvalue weighted by Gasteiger charge is 2.05. The van der Waals surface area contributed by atoms with E-state index in [0.717, 1.165) is 15.7 Å². The second kappa shape index (κ2) is 4.09. The summed E-state index contributed by atoms with van der Waals surface area (Å²) in [5.41, 5.74) is 2.12. The Hall–Kier alpha value is -0.570. The molecule has 0 fully saturated rings. The molecule has 0 unspecified atom stereocenters. The molecule has 0 aliphatic rings. The Balaban J connectivity index is 2.99. The fourth-order valence-corrected chi connectivity index (χ4v) is 1.29. The standard InChI is InChI=1S/C10H14BrNO/c1-6(2)13-9-5-7(3)10(11)8(4)12-9/h5-6H,1-4H3. The summed E-state index contributed by atoms with van der Waals surface area (Å²) in [4.78, 5) is 4.30. The van der Waals surface area contributed by atoms with E-state index in [1.807, 2.05) is 33.8 Å². The Morgan fingerprint density at radius 3 is 2.46 bits per heavy atom. The van der Waals surface area contributed by atoms with Crippen LogP contribution in [0.4, 0.5) is 0 Å². The predicted molar refractivity (Wildman–Crippen MR) is 57.2 cm³/mol. The van der Waals surface area contributed by atoms with Crippen molar-refractivity contribution in [2.45, 2.75) is 33.8 Å². The molecule has 0 aliphatic heterocycles. The third-order valence-corrected chi connectivity index (χ3v) is 2.84. The fraction of sp³-hybridized carbons (Fsp3) is 0.500. The summed E-state index contributed by atoms with van der Waals surface area (Å²) in [6.07, 6.45) is 0.174. The SMILES string of the molecule is Cc1cc(OC(C)C)nc(C)c1Br. The van der Waals surface area contributed by atoms with E-state index >= 15 is 0 Å². The fourth-order valence-electron chi connectivity index (χ4n) is 1.08. The van der Waals surface area contributed by atoms with Gasteiger partial charge >= 0.3 is 0 Å². The molecule has 0 N–H and O–H groups in total. The summed E-state index contributed by atoms with van der Waals surface area (Å²) in [7, 11) is 0. The first-order valence-electron chi connectivity index (χ1n) is 4.31. The molecule has 0 saturated heterocycles. The highest BCUT2D eigenvalue weighted by molar-refractivity contribution is 9.10. The minimum Gasteiger partial charge on any atom is -0.475 e. The molecule has 13 heavy (non-hydrogen) atoms. The predicted octanol–water partition coefficient (Wildman–Crippen LogP) is 3.25. The van der Waals surface area contributed by atoms with Gasteiger partial charge in [0, 0.05) is 10.5 Å². The number of hydrogen-bond acceptors (Lipinski definition) is 2. The van der Waals surface area contributed by atoms with Crippen molar-refractivity contribution in [3.8, 4) is 5.88 Å². The lowest BCUT2D eigenvalue weighted by molar-refractivity contribution is 0.232. The molecule has 0 aliphatic carbocycles. The summed E-state index contributed by atoms with van der Waals surface area (Å²) in [5.74, 6) is 0.702. The van der Waals surface area contributed by atoms with Crippen LogP contribution in [0, 0.1) is 13.8 Å². The van der Waals surface area contributed by atoms with Crippen LogP contribution >= 0.6 is 15.9 Å². The molecule has 0 atom stereocenters. The van der Waals surface area contributed by atoms with Gasteiger partial charge < -0.3 is 4.74 Å². The molecule has 0 spiro atoms. The maximum absolute atomic E-state index is 5.50. The van der Waals surface area contributed by atoms with Crippen LogP contribution in [0.3, 0.4) is 0 Å². The summed E-state index contributed by atoms with van der Waals surface area (Å²) in [6, 6.07) is 1.94. The molecular weight excluding hydrogens is 230 g/mol. The lowest BCUT2D eigenvalue weighted by Gasteiger charge is -2.11. The van der Waals surface area contributed by atoms with E-state index in [0.29, 0.717) is 5.88 Å². The maximum atomic E-state index is 5.50. The Morgan fingerprint density at radius 2 is 2.00 bits per heavy atom. The molecule has 2 nitrogen and oxygen atoms in total. The van der Waals surface area contributed by atoms with Gasteiger partial charge in [0.1, 0.15) is 0 Å². The van der Waals surface area contributed by atoms with Gasteiger partial charge in [-0.1, -0.05) is 0 Å². The number of ether oxygens (including phenoxy) is 1. The normalized spacial score (nSPS) is 10.6. The first kappa shape index (κ1) is 10.5. The summed E-state index contributed by atoms with van der Waals surface area (Å²) < 4.78 is 6.56. The maximum Gasteiger partial charge on any atom is 0.214 e. The average Bonchev–Trinajstić information content (AvgIpc) is 1.98. The zero-order chi connectivity index (χ0) is 10.0. The molecule has 3 heteroatoms. The first-order chi connectivity index (χ1) is 6.00. The van der Waals surface area contributed by atoms with Crippen molar-refractivity contribution in [2.24, 2.45) is 0 Å². The van der Waals surface area contributed by atoms with Gasteiger partial charge in [0.2, 0.25) is 5.88 Å². The van der Waals surface area contributed by atoms with Crippen LogP contribution < -0.4 is 4.74 Å². The molecule has 0 radical (unpaired) electrons. The molecule has 72 valence electrons. The number of nitrogens with zero attached hydrogens (tertiary/aromatic N) is 1. The van der Waals surface area contributed by atoms with Crippen LogP contribution in [0.15, 0.2) is 10.5 Å². The first-order valence-corrected chi connectivity index (χ1v) is 5.10. The van der Waals surface area contributed by atoms with Gasteiger partial charge in [0.15, 0.2) is 0 Å². The van der Waals surface area contributed by atoms with Crippen LogP contribution in [0.1, 0.15) is 25.1 Å². The second-order valence-electron chi connectivity index (χ2n) is 3.34. The lowest BCUT2D eigenvalue weighted by atomic mass is 10.2. The molecule has 0 amide bonds. The van der Waals surface area contributed by atoms with E-state index in [2.05, 4.69) is 20.9 Å². The summed E-state index contributed by atoms with van der Waals surface area (Å²) in [5, 5.41) is 0. The molecule has 1 rings (SSSR count). The van der Waals surface area contributed by atoms with Gasteiger partial charge in [-0.2, -0.15) is 0 Å². The molecule has 0 saturated carbocycles. The molecular formula is C10H14BrNO. The van der Waals surface area contributed by atoms with Crippen molar-refractivity contribution in [3.05, 3.63) is 21.8 Å². The average molecular weight is 244 g/mol. The third kappa shape index (κ3) is 2.69. The Bertz CT molecular complexity index is 287. The zero-order valence-corrected chi connectivity index (χ0v) is 9.97. The van der Waals surface area contributed by atoms with E-state index in [4.69, 9.17) is 4.74 Å². The highest BCUT2D eigenvalue weighted by Crippen LogP contribution is 2.23. The lowest BCUT2D eigenvalue weighted by Crippen LogP contribution is -2.07. The molecule has 1 aromatic heterocycles. The molecule has 0 aromatic carbocycles. The number of rotatable bonds is 2. The van der Waals surface area contributed by atoms with E-state index in [9.17, 15) is 0 Å². The van der Waals surface area contributed by atoms with Crippen molar-refractivity contribution in [2.75, 3.05) is 0 Å². The summed E-state index contributed by atoms with van der Waals surface area (Å²) >= 11 is 3.46. The van der Waals surface area contributed by atoms with Crippen LogP contribution in [0.25, 0.3) is 0 Å². The van der Waals surface area contributed by atoms with Crippen LogP contribution in [0.5, 0.6) is 5.88 Å². The van der Waals surface area contributed by atoms with Gasteiger partial charge in [0.05, 0.1) is 11.8 Å². The van der Waals surface area contributed by atoms with Crippen LogP contribution in [-0.4, -0.2) is 11.1 Å². The minimum atomic E-state index is 0.174. The second-order valence-corrected chi connectivity index (χ2v) is 4.14. The van der Waals surface area contributed by atoms with Gasteiger partial charge in [-0.3, -0.25) is 0 Å². The van der Waals surface area contributed by atoms with Gasteiger partial charge in [0.25, 0.3) is 0 Å². The quantitative estimate of drug-likeness (QED) is 0.796. The molecule has 1 heterocycles. The Labute approximate surface area is 87.5 Å². The number of halogens is 1. The van der Waals surface area contributed by atoms with E-state index in [1.54, 1.807) is 0 Å². The van der Waals surface area contributed by atoms with Crippen molar-refractivity contribution in [1.82, 2.24) is 4.98 Å². The third-order valence-electron chi connectivity index (χ3n) is 1.64. The monoisotopic (exact) mass is 243 g/mol. The number of aromatic nitrogens is 1. The van der Waals surface area contributed by atoms with Crippen LogP contribution in [0.2, 0.25) is 0 Å². The topological polar surface area (TPSA) is 22.1 Å². The molecule has 0 bridgehead atoms.